The Bertz CT molecular complexity index is 537. The van der Waals surface area contributed by atoms with Gasteiger partial charge < -0.3 is 10.3 Å². The molecule has 1 heterocycles. The lowest BCUT2D eigenvalue weighted by molar-refractivity contribution is 0.0999. The molecule has 1 amide bonds. The van der Waals surface area contributed by atoms with Crippen LogP contribution in [0.3, 0.4) is 0 Å². The highest BCUT2D eigenvalue weighted by molar-refractivity contribution is 5.99. The number of aryl methyl sites for hydroxylation is 1. The van der Waals surface area contributed by atoms with Crippen LogP contribution in [0.5, 0.6) is 0 Å². The number of halogens is 2. The van der Waals surface area contributed by atoms with E-state index >= 15 is 0 Å². The topological polar surface area (TPSA) is 69.1 Å². The molecule has 0 saturated carbocycles. The van der Waals surface area contributed by atoms with Crippen LogP contribution in [0.2, 0.25) is 0 Å². The van der Waals surface area contributed by atoms with E-state index in [-0.39, 0.29) is 23.8 Å². The first-order valence-corrected chi connectivity index (χ1v) is 4.61. The summed E-state index contributed by atoms with van der Waals surface area (Å²) in [5, 5.41) is 3.74. The van der Waals surface area contributed by atoms with Crippen LogP contribution < -0.4 is 5.73 Å². The number of benzene rings is 1. The number of rotatable bonds is 2. The number of carbonyl (C=O) groups excluding carboxylic acids is 1. The minimum Gasteiger partial charge on any atom is -0.365 e. The van der Waals surface area contributed by atoms with Crippen LogP contribution in [0.25, 0.3) is 11.3 Å². The van der Waals surface area contributed by atoms with Crippen LogP contribution in [0.15, 0.2) is 28.8 Å². The SMILES string of the molecule is Cc1onc(-c2ccc(F)cc2)c1C(N)=O.Cl. The Balaban J connectivity index is 0.00000144. The quantitative estimate of drug-likeness (QED) is 0.896. The second-order valence-corrected chi connectivity index (χ2v) is 3.33. The second-order valence-electron chi connectivity index (χ2n) is 3.33. The van der Waals surface area contributed by atoms with Crippen LogP contribution in [-0.2, 0) is 0 Å². The van der Waals surface area contributed by atoms with Crippen molar-refractivity contribution in [2.75, 3.05) is 0 Å². The second kappa shape index (κ2) is 4.97. The van der Waals surface area contributed by atoms with Gasteiger partial charge in [-0.25, -0.2) is 4.39 Å². The molecule has 0 fully saturated rings. The molecule has 90 valence electrons. The lowest BCUT2D eigenvalue weighted by Gasteiger charge is -1.98. The van der Waals surface area contributed by atoms with E-state index in [1.807, 2.05) is 0 Å². The predicted molar refractivity (Wildman–Crippen MR) is 62.4 cm³/mol. The summed E-state index contributed by atoms with van der Waals surface area (Å²) in [6.45, 7) is 1.60. The van der Waals surface area contributed by atoms with Gasteiger partial charge >= 0.3 is 0 Å². The van der Waals surface area contributed by atoms with Crippen molar-refractivity contribution >= 4 is 18.3 Å². The van der Waals surface area contributed by atoms with E-state index in [9.17, 15) is 9.18 Å². The van der Waals surface area contributed by atoms with E-state index in [0.29, 0.717) is 17.0 Å². The average Bonchev–Trinajstić information content (AvgIpc) is 2.61. The van der Waals surface area contributed by atoms with Crippen LogP contribution in [0.4, 0.5) is 4.39 Å². The minimum absolute atomic E-state index is 0. The molecule has 1 aromatic heterocycles. The summed E-state index contributed by atoms with van der Waals surface area (Å²) in [6.07, 6.45) is 0. The zero-order chi connectivity index (χ0) is 11.7. The van der Waals surface area contributed by atoms with Crippen molar-refractivity contribution in [3.05, 3.63) is 41.4 Å². The summed E-state index contributed by atoms with van der Waals surface area (Å²) < 4.78 is 17.6. The van der Waals surface area contributed by atoms with E-state index in [1.165, 1.54) is 24.3 Å². The molecular weight excluding hydrogens is 247 g/mol. The third-order valence-corrected chi connectivity index (χ3v) is 2.23. The predicted octanol–water partition coefficient (Wildman–Crippen LogP) is 2.31. The number of carbonyl (C=O) groups is 1. The highest BCUT2D eigenvalue weighted by Crippen LogP contribution is 2.24. The Morgan fingerprint density at radius 1 is 1.35 bits per heavy atom. The Morgan fingerprint density at radius 2 is 1.94 bits per heavy atom. The Labute approximate surface area is 103 Å². The normalized spacial score (nSPS) is 9.76. The first-order chi connectivity index (χ1) is 7.59. The smallest absolute Gasteiger partial charge is 0.254 e. The molecule has 17 heavy (non-hydrogen) atoms. The van der Waals surface area contributed by atoms with E-state index in [4.69, 9.17) is 10.3 Å². The number of amides is 1. The molecular formula is C11H10ClFN2O2. The summed E-state index contributed by atoms with van der Waals surface area (Å²) in [4.78, 5) is 11.2. The van der Waals surface area contributed by atoms with Crippen molar-refractivity contribution in [3.63, 3.8) is 0 Å². The zero-order valence-corrected chi connectivity index (χ0v) is 9.75. The fourth-order valence-corrected chi connectivity index (χ4v) is 1.47. The molecule has 1 aromatic carbocycles. The first kappa shape index (κ1) is 13.2. The number of nitrogens with two attached hydrogens (primary N) is 1. The number of hydrogen-bond acceptors (Lipinski definition) is 3. The van der Waals surface area contributed by atoms with Gasteiger partial charge in [-0.1, -0.05) is 5.16 Å². The Kier molecular flexibility index (Phi) is 3.85. The van der Waals surface area contributed by atoms with Gasteiger partial charge in [-0.3, -0.25) is 4.79 Å². The van der Waals surface area contributed by atoms with Gasteiger partial charge in [-0.2, -0.15) is 0 Å². The van der Waals surface area contributed by atoms with E-state index in [2.05, 4.69) is 5.16 Å². The van der Waals surface area contributed by atoms with Gasteiger partial charge in [0, 0.05) is 5.56 Å². The monoisotopic (exact) mass is 256 g/mol. The maximum atomic E-state index is 12.7. The van der Waals surface area contributed by atoms with Gasteiger partial charge in [0.15, 0.2) is 0 Å². The van der Waals surface area contributed by atoms with E-state index in [1.54, 1.807) is 6.92 Å². The van der Waals surface area contributed by atoms with Crippen LogP contribution in [-0.4, -0.2) is 11.1 Å². The molecule has 0 aliphatic carbocycles. The molecule has 2 rings (SSSR count). The third-order valence-electron chi connectivity index (χ3n) is 2.23. The number of hydrogen-bond donors (Lipinski definition) is 1. The van der Waals surface area contributed by atoms with Gasteiger partial charge in [0.05, 0.1) is 0 Å². The molecule has 4 nitrogen and oxygen atoms in total. The van der Waals surface area contributed by atoms with Gasteiger partial charge in [0.2, 0.25) is 0 Å². The molecule has 0 atom stereocenters. The van der Waals surface area contributed by atoms with Crippen molar-refractivity contribution < 1.29 is 13.7 Å². The molecule has 0 unspecified atom stereocenters. The van der Waals surface area contributed by atoms with E-state index in [0.717, 1.165) is 0 Å². The number of aromatic nitrogens is 1. The van der Waals surface area contributed by atoms with Gasteiger partial charge in [-0.15, -0.1) is 12.4 Å². The Hall–Kier alpha value is -1.88. The number of primary amides is 1. The molecule has 6 heteroatoms. The molecule has 0 saturated heterocycles. The molecule has 0 spiro atoms. The molecule has 2 N–H and O–H groups in total. The maximum absolute atomic E-state index is 12.7. The van der Waals surface area contributed by atoms with Gasteiger partial charge in [-0.05, 0) is 31.2 Å². The molecule has 0 radical (unpaired) electrons. The van der Waals surface area contributed by atoms with Crippen LogP contribution in [0.1, 0.15) is 16.1 Å². The van der Waals surface area contributed by atoms with E-state index < -0.39 is 5.91 Å². The summed E-state index contributed by atoms with van der Waals surface area (Å²) in [6, 6.07) is 5.59. The molecule has 0 aliphatic heterocycles. The zero-order valence-electron chi connectivity index (χ0n) is 8.94. The summed E-state index contributed by atoms with van der Waals surface area (Å²) in [5.74, 6) is -0.616. The fraction of sp³-hybridized carbons (Fsp3) is 0.0909. The van der Waals surface area contributed by atoms with Crippen LogP contribution in [0, 0.1) is 12.7 Å². The van der Waals surface area contributed by atoms with Crippen molar-refractivity contribution in [1.82, 2.24) is 5.16 Å². The highest BCUT2D eigenvalue weighted by Gasteiger charge is 2.18. The van der Waals surface area contributed by atoms with Crippen molar-refractivity contribution in [2.45, 2.75) is 6.92 Å². The fourth-order valence-electron chi connectivity index (χ4n) is 1.47. The van der Waals surface area contributed by atoms with Crippen molar-refractivity contribution in [2.24, 2.45) is 5.73 Å². The van der Waals surface area contributed by atoms with Crippen molar-refractivity contribution in [1.29, 1.82) is 0 Å². The molecule has 2 aromatic rings. The summed E-state index contributed by atoms with van der Waals surface area (Å²) in [7, 11) is 0. The van der Waals surface area contributed by atoms with Crippen molar-refractivity contribution in [3.8, 4) is 11.3 Å². The average molecular weight is 257 g/mol. The number of nitrogens with zero attached hydrogens (tertiary/aromatic N) is 1. The summed E-state index contributed by atoms with van der Waals surface area (Å²) in [5.41, 5.74) is 6.37. The lowest BCUT2D eigenvalue weighted by Crippen LogP contribution is -2.12. The molecule has 0 aliphatic rings. The maximum Gasteiger partial charge on any atom is 0.254 e. The first-order valence-electron chi connectivity index (χ1n) is 4.61. The minimum atomic E-state index is -0.613. The summed E-state index contributed by atoms with van der Waals surface area (Å²) >= 11 is 0. The van der Waals surface area contributed by atoms with Gasteiger partial charge in [0.1, 0.15) is 22.8 Å². The molecule has 0 bridgehead atoms. The van der Waals surface area contributed by atoms with Crippen LogP contribution >= 0.6 is 12.4 Å². The lowest BCUT2D eigenvalue weighted by atomic mass is 10.1. The van der Waals surface area contributed by atoms with Gasteiger partial charge in [0.25, 0.3) is 5.91 Å². The third kappa shape index (κ3) is 2.45. The standard InChI is InChI=1S/C11H9FN2O2.ClH/c1-6-9(11(13)15)10(14-16-6)7-2-4-8(12)5-3-7;/h2-5H,1H3,(H2,13,15);1H. The Morgan fingerprint density at radius 3 is 2.47 bits per heavy atom. The largest absolute Gasteiger partial charge is 0.365 e. The highest BCUT2D eigenvalue weighted by atomic mass is 35.5.